The summed E-state index contributed by atoms with van der Waals surface area (Å²) < 4.78 is 5.02. The summed E-state index contributed by atoms with van der Waals surface area (Å²) in [5, 5.41) is 1.09. The second-order valence-corrected chi connectivity index (χ2v) is 3.79. The molecule has 2 heteroatoms. The zero-order chi connectivity index (χ0) is 8.81. The van der Waals surface area contributed by atoms with Crippen molar-refractivity contribution in [1.29, 1.82) is 0 Å². The predicted octanol–water partition coefficient (Wildman–Crippen LogP) is 3.63. The minimum atomic E-state index is 0.757. The third-order valence-electron chi connectivity index (χ3n) is 2.02. The van der Waals surface area contributed by atoms with Crippen molar-refractivity contribution in [2.75, 3.05) is 5.33 Å². The Morgan fingerprint density at radius 1 is 1.58 bits per heavy atom. The summed E-state index contributed by atoms with van der Waals surface area (Å²) in [7, 11) is 0. The smallest absolute Gasteiger partial charge is 0.0934 e. The largest absolute Gasteiger partial charge is 0.472 e. The summed E-state index contributed by atoms with van der Waals surface area (Å²) in [6.45, 7) is 2.23. The van der Waals surface area contributed by atoms with Gasteiger partial charge in [-0.25, -0.2) is 0 Å². The van der Waals surface area contributed by atoms with Gasteiger partial charge in [0.2, 0.25) is 0 Å². The van der Waals surface area contributed by atoms with E-state index >= 15 is 0 Å². The summed E-state index contributed by atoms with van der Waals surface area (Å²) in [4.78, 5) is 0. The highest BCUT2D eigenvalue weighted by Gasteiger charge is 2.07. The van der Waals surface area contributed by atoms with Gasteiger partial charge in [-0.3, -0.25) is 0 Å². The van der Waals surface area contributed by atoms with E-state index < -0.39 is 0 Å². The van der Waals surface area contributed by atoms with Crippen molar-refractivity contribution >= 4 is 15.9 Å². The van der Waals surface area contributed by atoms with Crippen LogP contribution in [0.4, 0.5) is 0 Å². The Morgan fingerprint density at radius 3 is 2.92 bits per heavy atom. The Kier molecular flexibility index (Phi) is 4.44. The minimum absolute atomic E-state index is 0.757. The van der Waals surface area contributed by atoms with Crippen molar-refractivity contribution in [3.05, 3.63) is 24.2 Å². The van der Waals surface area contributed by atoms with Crippen LogP contribution in [0, 0.1) is 5.92 Å². The number of hydrogen-bond donors (Lipinski definition) is 0. The van der Waals surface area contributed by atoms with Crippen molar-refractivity contribution in [2.24, 2.45) is 5.92 Å². The van der Waals surface area contributed by atoms with Crippen LogP contribution in [0.5, 0.6) is 0 Å². The maximum atomic E-state index is 5.02. The summed E-state index contributed by atoms with van der Waals surface area (Å²) in [5.74, 6) is 0.757. The molecule has 68 valence electrons. The number of alkyl halides is 1. The maximum absolute atomic E-state index is 5.02. The van der Waals surface area contributed by atoms with Crippen molar-refractivity contribution in [2.45, 2.75) is 26.2 Å². The van der Waals surface area contributed by atoms with Crippen LogP contribution >= 0.6 is 15.9 Å². The molecule has 0 amide bonds. The van der Waals surface area contributed by atoms with E-state index in [1.54, 1.807) is 6.26 Å². The average Bonchev–Trinajstić information content (AvgIpc) is 2.56. The maximum Gasteiger partial charge on any atom is 0.0934 e. The first-order valence-corrected chi connectivity index (χ1v) is 5.56. The molecule has 0 saturated carbocycles. The van der Waals surface area contributed by atoms with Gasteiger partial charge in [-0.1, -0.05) is 29.3 Å². The topological polar surface area (TPSA) is 13.1 Å². The molecule has 0 N–H and O–H groups in total. The SMILES string of the molecule is CCCC(CBr)Cc1ccoc1. The predicted molar refractivity (Wildman–Crippen MR) is 54.6 cm³/mol. The van der Waals surface area contributed by atoms with Crippen LogP contribution < -0.4 is 0 Å². The molecule has 0 saturated heterocycles. The van der Waals surface area contributed by atoms with Crippen LogP contribution in [-0.2, 0) is 6.42 Å². The number of halogens is 1. The van der Waals surface area contributed by atoms with E-state index in [1.807, 2.05) is 12.3 Å². The van der Waals surface area contributed by atoms with Gasteiger partial charge in [-0.2, -0.15) is 0 Å². The van der Waals surface area contributed by atoms with Gasteiger partial charge in [0.15, 0.2) is 0 Å². The molecule has 0 aliphatic rings. The summed E-state index contributed by atoms with van der Waals surface area (Å²) in [5.41, 5.74) is 1.31. The molecule has 12 heavy (non-hydrogen) atoms. The molecule has 0 fully saturated rings. The van der Waals surface area contributed by atoms with Gasteiger partial charge in [0.1, 0.15) is 0 Å². The fourth-order valence-electron chi connectivity index (χ4n) is 1.38. The number of furan rings is 1. The van der Waals surface area contributed by atoms with Crippen LogP contribution in [0.2, 0.25) is 0 Å². The third kappa shape index (κ3) is 3.02. The molecule has 1 unspecified atom stereocenters. The Bertz CT molecular complexity index is 194. The van der Waals surface area contributed by atoms with Gasteiger partial charge in [0.05, 0.1) is 12.5 Å². The van der Waals surface area contributed by atoms with E-state index in [-0.39, 0.29) is 0 Å². The van der Waals surface area contributed by atoms with Crippen molar-refractivity contribution in [3.63, 3.8) is 0 Å². The Labute approximate surface area is 82.3 Å². The highest BCUT2D eigenvalue weighted by Crippen LogP contribution is 2.16. The lowest BCUT2D eigenvalue weighted by atomic mass is 9.99. The van der Waals surface area contributed by atoms with Crippen LogP contribution in [-0.4, -0.2) is 5.33 Å². The van der Waals surface area contributed by atoms with Crippen molar-refractivity contribution < 1.29 is 4.42 Å². The standard InChI is InChI=1S/C10H15BrO/c1-2-3-9(7-11)6-10-4-5-12-8-10/h4-5,8-9H,2-3,6-7H2,1H3. The molecule has 0 radical (unpaired) electrons. The van der Waals surface area contributed by atoms with Crippen LogP contribution in [0.15, 0.2) is 23.0 Å². The van der Waals surface area contributed by atoms with E-state index in [2.05, 4.69) is 22.9 Å². The zero-order valence-corrected chi connectivity index (χ0v) is 9.01. The summed E-state index contributed by atoms with van der Waals surface area (Å²) in [6.07, 6.45) is 7.26. The van der Waals surface area contributed by atoms with Gasteiger partial charge >= 0.3 is 0 Å². The quantitative estimate of drug-likeness (QED) is 0.705. The molecule has 1 nitrogen and oxygen atoms in total. The number of rotatable bonds is 5. The lowest BCUT2D eigenvalue weighted by molar-refractivity contribution is 0.522. The first kappa shape index (κ1) is 9.85. The molecule has 0 spiro atoms. The van der Waals surface area contributed by atoms with Crippen LogP contribution in [0.3, 0.4) is 0 Å². The Hall–Kier alpha value is -0.240. The normalized spacial score (nSPS) is 13.2. The first-order valence-electron chi connectivity index (χ1n) is 4.43. The first-order chi connectivity index (χ1) is 5.86. The third-order valence-corrected chi connectivity index (χ3v) is 2.94. The van der Waals surface area contributed by atoms with Gasteiger partial charge in [-0.05, 0) is 30.4 Å². The lowest BCUT2D eigenvalue weighted by Gasteiger charge is -2.10. The van der Waals surface area contributed by atoms with Crippen LogP contribution in [0.25, 0.3) is 0 Å². The monoisotopic (exact) mass is 230 g/mol. The molecule has 0 aromatic carbocycles. The Morgan fingerprint density at radius 2 is 2.42 bits per heavy atom. The van der Waals surface area contributed by atoms with E-state index in [0.717, 1.165) is 17.7 Å². The van der Waals surface area contributed by atoms with Crippen molar-refractivity contribution in [3.8, 4) is 0 Å². The lowest BCUT2D eigenvalue weighted by Crippen LogP contribution is -2.04. The highest BCUT2D eigenvalue weighted by atomic mass is 79.9. The van der Waals surface area contributed by atoms with E-state index in [1.165, 1.54) is 18.4 Å². The van der Waals surface area contributed by atoms with Gasteiger partial charge < -0.3 is 4.42 Å². The highest BCUT2D eigenvalue weighted by molar-refractivity contribution is 9.09. The van der Waals surface area contributed by atoms with E-state index in [4.69, 9.17) is 4.42 Å². The molecule has 0 aliphatic heterocycles. The number of hydrogen-bond acceptors (Lipinski definition) is 1. The fraction of sp³-hybridized carbons (Fsp3) is 0.600. The molecule has 1 atom stereocenters. The molecule has 0 aliphatic carbocycles. The molecule has 0 bridgehead atoms. The zero-order valence-electron chi connectivity index (χ0n) is 7.42. The molecule has 1 heterocycles. The van der Waals surface area contributed by atoms with Gasteiger partial charge in [-0.15, -0.1) is 0 Å². The molecular formula is C10H15BrO. The van der Waals surface area contributed by atoms with E-state index in [9.17, 15) is 0 Å². The van der Waals surface area contributed by atoms with E-state index in [0.29, 0.717) is 0 Å². The molecule has 1 rings (SSSR count). The van der Waals surface area contributed by atoms with Gasteiger partial charge in [0.25, 0.3) is 0 Å². The second kappa shape index (κ2) is 5.41. The van der Waals surface area contributed by atoms with Gasteiger partial charge in [0, 0.05) is 5.33 Å². The van der Waals surface area contributed by atoms with Crippen molar-refractivity contribution in [1.82, 2.24) is 0 Å². The minimum Gasteiger partial charge on any atom is -0.472 e. The average molecular weight is 231 g/mol. The fourth-order valence-corrected chi connectivity index (χ4v) is 1.94. The van der Waals surface area contributed by atoms with Crippen LogP contribution in [0.1, 0.15) is 25.3 Å². The molecule has 1 aromatic heterocycles. The molecular weight excluding hydrogens is 216 g/mol. The summed E-state index contributed by atoms with van der Waals surface area (Å²) >= 11 is 3.53. The second-order valence-electron chi connectivity index (χ2n) is 3.14. The Balaban J connectivity index is 2.37. The molecule has 1 aromatic rings. The summed E-state index contributed by atoms with van der Waals surface area (Å²) in [6, 6.07) is 2.05.